The standard InChI is InChI=1S/C26H28FN3O4S/c1-3-19-10-13-22(14-11-19)28-26(31)21-8-6-16-30(17-21)35(32,33)25-18(2)29-34-24(25)15-12-20-7-4-5-9-23(20)27/h4-5,7,9-15,21H,3,6,8,16-17H2,1-2H3,(H,28,31). The van der Waals surface area contributed by atoms with E-state index in [9.17, 15) is 17.6 Å². The summed E-state index contributed by atoms with van der Waals surface area (Å²) in [6, 6.07) is 13.8. The molecule has 9 heteroatoms. The van der Waals surface area contributed by atoms with Gasteiger partial charge in [0.15, 0.2) is 10.7 Å². The van der Waals surface area contributed by atoms with E-state index in [1.54, 1.807) is 25.1 Å². The zero-order chi connectivity index (χ0) is 25.0. The van der Waals surface area contributed by atoms with Crippen molar-refractivity contribution in [3.8, 4) is 0 Å². The number of aromatic nitrogens is 1. The van der Waals surface area contributed by atoms with Crippen LogP contribution >= 0.6 is 0 Å². The molecular weight excluding hydrogens is 469 g/mol. The molecule has 7 nitrogen and oxygen atoms in total. The maximum atomic E-state index is 14.0. The largest absolute Gasteiger partial charge is 0.355 e. The zero-order valence-corrected chi connectivity index (χ0v) is 20.5. The number of halogens is 1. The quantitative estimate of drug-likeness (QED) is 0.502. The van der Waals surface area contributed by atoms with Crippen LogP contribution in [0.25, 0.3) is 12.2 Å². The summed E-state index contributed by atoms with van der Waals surface area (Å²) in [7, 11) is -3.99. The predicted octanol–water partition coefficient (Wildman–Crippen LogP) is 4.89. The van der Waals surface area contributed by atoms with E-state index in [1.807, 2.05) is 24.3 Å². The molecule has 0 spiro atoms. The monoisotopic (exact) mass is 497 g/mol. The first kappa shape index (κ1) is 24.8. The minimum Gasteiger partial charge on any atom is -0.355 e. The number of carbonyl (C=O) groups excluding carboxylic acids is 1. The number of nitrogens with zero attached hydrogens (tertiary/aromatic N) is 2. The van der Waals surface area contributed by atoms with Crippen molar-refractivity contribution >= 4 is 33.8 Å². The normalized spacial score (nSPS) is 17.1. The third kappa shape index (κ3) is 5.52. The van der Waals surface area contributed by atoms with Gasteiger partial charge in [-0.3, -0.25) is 4.79 Å². The van der Waals surface area contributed by atoms with Crippen LogP contribution in [-0.4, -0.2) is 36.9 Å². The summed E-state index contributed by atoms with van der Waals surface area (Å²) < 4.78 is 47.6. The van der Waals surface area contributed by atoms with Crippen LogP contribution in [0.2, 0.25) is 0 Å². The lowest BCUT2D eigenvalue weighted by molar-refractivity contribution is -0.120. The zero-order valence-electron chi connectivity index (χ0n) is 19.7. The van der Waals surface area contributed by atoms with Crippen molar-refractivity contribution in [1.29, 1.82) is 0 Å². The molecule has 1 N–H and O–H groups in total. The van der Waals surface area contributed by atoms with E-state index in [1.165, 1.54) is 28.1 Å². The molecule has 3 aromatic rings. The van der Waals surface area contributed by atoms with Crippen LogP contribution in [0.3, 0.4) is 0 Å². The molecule has 2 heterocycles. The van der Waals surface area contributed by atoms with E-state index in [0.29, 0.717) is 30.6 Å². The summed E-state index contributed by atoms with van der Waals surface area (Å²) in [6.07, 6.45) is 4.90. The van der Waals surface area contributed by atoms with E-state index in [2.05, 4.69) is 17.4 Å². The fourth-order valence-electron chi connectivity index (χ4n) is 4.15. The summed E-state index contributed by atoms with van der Waals surface area (Å²) in [5.41, 5.74) is 2.36. The number of benzene rings is 2. The number of sulfonamides is 1. The number of hydrogen-bond donors (Lipinski definition) is 1. The van der Waals surface area contributed by atoms with Gasteiger partial charge in [-0.05, 0) is 62.1 Å². The van der Waals surface area contributed by atoms with Crippen molar-refractivity contribution < 1.29 is 22.1 Å². The second kappa shape index (κ2) is 10.5. The number of rotatable bonds is 7. The second-order valence-electron chi connectivity index (χ2n) is 8.56. The van der Waals surface area contributed by atoms with Gasteiger partial charge < -0.3 is 9.84 Å². The maximum absolute atomic E-state index is 14.0. The summed E-state index contributed by atoms with van der Waals surface area (Å²) in [5.74, 6) is -1.11. The van der Waals surface area contributed by atoms with Crippen LogP contribution in [0.4, 0.5) is 10.1 Å². The van der Waals surface area contributed by atoms with Gasteiger partial charge in [0.05, 0.1) is 5.92 Å². The highest BCUT2D eigenvalue weighted by molar-refractivity contribution is 7.89. The Morgan fingerprint density at radius 2 is 1.94 bits per heavy atom. The smallest absolute Gasteiger partial charge is 0.248 e. The lowest BCUT2D eigenvalue weighted by Gasteiger charge is -2.31. The summed E-state index contributed by atoms with van der Waals surface area (Å²) in [4.78, 5) is 12.8. The number of piperidine rings is 1. The molecule has 0 bridgehead atoms. The Kier molecular flexibility index (Phi) is 7.47. The number of nitrogens with one attached hydrogen (secondary N) is 1. The highest BCUT2D eigenvalue weighted by Gasteiger charge is 2.37. The van der Waals surface area contributed by atoms with E-state index in [-0.39, 0.29) is 28.8 Å². The fraction of sp³-hybridized carbons (Fsp3) is 0.308. The highest BCUT2D eigenvalue weighted by atomic mass is 32.2. The van der Waals surface area contributed by atoms with Gasteiger partial charge in [0.25, 0.3) is 0 Å². The Hall–Kier alpha value is -3.30. The third-order valence-corrected chi connectivity index (χ3v) is 8.16. The molecule has 2 aromatic carbocycles. The van der Waals surface area contributed by atoms with E-state index < -0.39 is 21.8 Å². The Labute approximate surface area is 204 Å². The molecule has 1 aliphatic rings. The van der Waals surface area contributed by atoms with E-state index >= 15 is 0 Å². The van der Waals surface area contributed by atoms with Gasteiger partial charge in [0, 0.05) is 24.3 Å². The van der Waals surface area contributed by atoms with Crippen LogP contribution < -0.4 is 5.32 Å². The number of carbonyl (C=O) groups is 1. The minimum absolute atomic E-state index is 0.0216. The third-order valence-electron chi connectivity index (χ3n) is 6.14. The molecule has 1 amide bonds. The maximum Gasteiger partial charge on any atom is 0.248 e. The molecule has 4 rings (SSSR count). The van der Waals surface area contributed by atoms with Gasteiger partial charge in [-0.2, -0.15) is 4.31 Å². The number of amides is 1. The molecule has 1 fully saturated rings. The second-order valence-corrected chi connectivity index (χ2v) is 10.4. The first-order chi connectivity index (χ1) is 16.8. The SMILES string of the molecule is CCc1ccc(NC(=O)C2CCCN(S(=O)(=O)c3c(C)noc3C=Cc3ccccc3F)C2)cc1. The number of aryl methyl sites for hydroxylation is 2. The molecule has 1 unspecified atom stereocenters. The molecule has 1 saturated heterocycles. The minimum atomic E-state index is -3.99. The van der Waals surface area contributed by atoms with Crippen molar-refractivity contribution in [3.05, 3.63) is 76.9 Å². The molecule has 0 radical (unpaired) electrons. The van der Waals surface area contributed by atoms with Crippen LogP contribution in [-0.2, 0) is 21.2 Å². The summed E-state index contributed by atoms with van der Waals surface area (Å²) >= 11 is 0. The lowest BCUT2D eigenvalue weighted by atomic mass is 9.98. The van der Waals surface area contributed by atoms with E-state index in [4.69, 9.17) is 4.52 Å². The predicted molar refractivity (Wildman–Crippen MR) is 133 cm³/mol. The van der Waals surface area contributed by atoms with Crippen LogP contribution in [0.5, 0.6) is 0 Å². The van der Waals surface area contributed by atoms with Gasteiger partial charge in [0.2, 0.25) is 15.9 Å². The van der Waals surface area contributed by atoms with Crippen LogP contribution in [0.1, 0.15) is 42.3 Å². The Bertz CT molecular complexity index is 1330. The molecule has 0 saturated carbocycles. The topological polar surface area (TPSA) is 92.5 Å². The van der Waals surface area contributed by atoms with Crippen molar-refractivity contribution in [2.45, 2.75) is 38.0 Å². The van der Waals surface area contributed by atoms with Crippen molar-refractivity contribution in [2.75, 3.05) is 18.4 Å². The lowest BCUT2D eigenvalue weighted by Crippen LogP contribution is -2.43. The Morgan fingerprint density at radius 1 is 1.20 bits per heavy atom. The molecular formula is C26H28FN3O4S. The van der Waals surface area contributed by atoms with Crippen molar-refractivity contribution in [1.82, 2.24) is 9.46 Å². The molecule has 35 heavy (non-hydrogen) atoms. The summed E-state index contributed by atoms with van der Waals surface area (Å²) in [5, 5.41) is 6.73. The number of anilines is 1. The van der Waals surface area contributed by atoms with Gasteiger partial charge in [-0.1, -0.05) is 42.4 Å². The van der Waals surface area contributed by atoms with Crippen LogP contribution in [0, 0.1) is 18.7 Å². The molecule has 184 valence electrons. The average molecular weight is 498 g/mol. The first-order valence-corrected chi connectivity index (χ1v) is 13.0. The van der Waals surface area contributed by atoms with E-state index in [0.717, 1.165) is 6.42 Å². The fourth-order valence-corrected chi connectivity index (χ4v) is 5.92. The highest BCUT2D eigenvalue weighted by Crippen LogP contribution is 2.30. The van der Waals surface area contributed by atoms with Crippen molar-refractivity contribution in [3.63, 3.8) is 0 Å². The summed E-state index contributed by atoms with van der Waals surface area (Å²) in [6.45, 7) is 3.95. The van der Waals surface area contributed by atoms with Crippen molar-refractivity contribution in [2.24, 2.45) is 5.92 Å². The Morgan fingerprint density at radius 3 is 2.66 bits per heavy atom. The number of hydrogen-bond acceptors (Lipinski definition) is 5. The van der Waals surface area contributed by atoms with Crippen LogP contribution in [0.15, 0.2) is 57.9 Å². The van der Waals surface area contributed by atoms with Gasteiger partial charge >= 0.3 is 0 Å². The molecule has 1 aliphatic heterocycles. The average Bonchev–Trinajstić information content (AvgIpc) is 3.25. The van der Waals surface area contributed by atoms with Gasteiger partial charge in [-0.15, -0.1) is 0 Å². The van der Waals surface area contributed by atoms with Gasteiger partial charge in [-0.25, -0.2) is 12.8 Å². The first-order valence-electron chi connectivity index (χ1n) is 11.6. The Balaban J connectivity index is 1.52. The molecule has 1 atom stereocenters. The van der Waals surface area contributed by atoms with Gasteiger partial charge in [0.1, 0.15) is 11.5 Å². The molecule has 0 aliphatic carbocycles. The molecule has 1 aromatic heterocycles.